The smallest absolute Gasteiger partial charge is 0.407 e. The third-order valence-corrected chi connectivity index (χ3v) is 8.71. The number of rotatable bonds is 6. The molecular weight excluding hydrogens is 612 g/mol. The minimum atomic E-state index is -0.531. The summed E-state index contributed by atoms with van der Waals surface area (Å²) in [5.41, 5.74) is 7.33. The minimum Gasteiger partial charge on any atom is -0.473 e. The van der Waals surface area contributed by atoms with Gasteiger partial charge >= 0.3 is 6.09 Å². The quantitative estimate of drug-likeness (QED) is 0.352. The van der Waals surface area contributed by atoms with Crippen LogP contribution in [-0.2, 0) is 4.74 Å². The largest absolute Gasteiger partial charge is 0.473 e. The number of amides is 2. The second kappa shape index (κ2) is 12.0. The molecule has 1 aliphatic carbocycles. The number of fused-ring (bicyclic) bond motifs is 1. The number of piperidine rings is 1. The molecule has 0 bridgehead atoms. The molecule has 1 saturated carbocycles. The lowest BCUT2D eigenvalue weighted by molar-refractivity contribution is 0.0468. The molecule has 1 aliphatic heterocycles. The number of nitrogens with two attached hydrogens (primary N) is 1. The fourth-order valence-electron chi connectivity index (χ4n) is 5.41. The van der Waals surface area contributed by atoms with E-state index >= 15 is 0 Å². The third-order valence-electron chi connectivity index (χ3n) is 7.20. The zero-order valence-electron chi connectivity index (χ0n) is 23.8. The van der Waals surface area contributed by atoms with Gasteiger partial charge in [0.25, 0.3) is 5.91 Å². The van der Waals surface area contributed by atoms with Crippen molar-refractivity contribution in [3.8, 4) is 5.88 Å². The number of hydrogen-bond donors (Lipinski definition) is 3. The summed E-state index contributed by atoms with van der Waals surface area (Å²) in [6, 6.07) is 1.97. The molecule has 2 fully saturated rings. The van der Waals surface area contributed by atoms with Crippen LogP contribution in [0.15, 0.2) is 17.0 Å². The molecule has 14 heteroatoms. The van der Waals surface area contributed by atoms with E-state index < -0.39 is 11.7 Å². The van der Waals surface area contributed by atoms with Crippen molar-refractivity contribution in [3.63, 3.8) is 0 Å². The standard InChI is InChI=1S/C27H37BrN8O4S/c1-15-32-25(39-18-9-7-16(8-10-18)34-26(38)40-27(2,3)4)22(41-15)24(37)33-17-6-5-11-35(13-17)19-12-20(28)36-21(19)23(29)30-14-31-36/h12,14,16-18H,5-11,13H2,1-4H3,(H,33,37)(H,34,38)(H2,29,30,31)/t16?,17-,18?/m1/s1. The number of anilines is 2. The summed E-state index contributed by atoms with van der Waals surface area (Å²) in [5.74, 6) is 0.612. The van der Waals surface area contributed by atoms with Gasteiger partial charge in [-0.05, 0) is 88.2 Å². The average molecular weight is 650 g/mol. The Hall–Kier alpha value is -3.13. The van der Waals surface area contributed by atoms with E-state index in [1.165, 1.54) is 17.7 Å². The Morgan fingerprint density at radius 3 is 2.63 bits per heavy atom. The van der Waals surface area contributed by atoms with Crippen LogP contribution in [0.25, 0.3) is 5.52 Å². The van der Waals surface area contributed by atoms with Crippen molar-refractivity contribution >= 4 is 56.3 Å². The molecule has 1 saturated heterocycles. The van der Waals surface area contributed by atoms with E-state index in [0.29, 0.717) is 23.1 Å². The number of hydrogen-bond acceptors (Lipinski definition) is 10. The number of alkyl carbamates (subject to hydrolysis) is 1. The predicted octanol–water partition coefficient (Wildman–Crippen LogP) is 4.45. The van der Waals surface area contributed by atoms with E-state index in [9.17, 15) is 9.59 Å². The maximum absolute atomic E-state index is 13.4. The van der Waals surface area contributed by atoms with Gasteiger partial charge in [-0.25, -0.2) is 19.3 Å². The molecule has 0 radical (unpaired) electrons. The number of nitrogens with one attached hydrogen (secondary N) is 2. The van der Waals surface area contributed by atoms with Gasteiger partial charge in [-0.1, -0.05) is 0 Å². The van der Waals surface area contributed by atoms with Crippen LogP contribution in [0.1, 0.15) is 74.0 Å². The van der Waals surface area contributed by atoms with Crippen LogP contribution < -0.4 is 26.0 Å². The van der Waals surface area contributed by atoms with Crippen LogP contribution in [0.5, 0.6) is 5.88 Å². The van der Waals surface area contributed by atoms with Crippen molar-refractivity contribution in [3.05, 3.63) is 26.9 Å². The zero-order valence-corrected chi connectivity index (χ0v) is 26.2. The molecule has 4 N–H and O–H groups in total. The second-order valence-corrected chi connectivity index (χ2v) is 13.6. The van der Waals surface area contributed by atoms with Crippen LogP contribution in [-0.4, -0.2) is 68.5 Å². The molecule has 41 heavy (non-hydrogen) atoms. The van der Waals surface area contributed by atoms with Gasteiger partial charge in [0.05, 0.1) is 10.7 Å². The van der Waals surface area contributed by atoms with Gasteiger partial charge < -0.3 is 30.7 Å². The number of carbonyl (C=O) groups excluding carboxylic acids is 2. The Kier molecular flexibility index (Phi) is 8.60. The first-order valence-corrected chi connectivity index (χ1v) is 15.5. The summed E-state index contributed by atoms with van der Waals surface area (Å²) in [4.78, 5) is 37.0. The highest BCUT2D eigenvalue weighted by Crippen LogP contribution is 2.34. The Morgan fingerprint density at radius 1 is 1.15 bits per heavy atom. The summed E-state index contributed by atoms with van der Waals surface area (Å²) < 4.78 is 14.1. The first-order chi connectivity index (χ1) is 19.5. The summed E-state index contributed by atoms with van der Waals surface area (Å²) in [7, 11) is 0. The summed E-state index contributed by atoms with van der Waals surface area (Å²) in [5, 5.41) is 11.2. The number of ether oxygens (including phenoxy) is 2. The first-order valence-electron chi connectivity index (χ1n) is 13.9. The number of thiazole rings is 1. The lowest BCUT2D eigenvalue weighted by Crippen LogP contribution is -2.47. The summed E-state index contributed by atoms with van der Waals surface area (Å²) in [6.45, 7) is 8.89. The van der Waals surface area contributed by atoms with Gasteiger partial charge in [0.2, 0.25) is 5.88 Å². The molecule has 0 unspecified atom stereocenters. The zero-order chi connectivity index (χ0) is 29.3. The molecule has 222 valence electrons. The summed E-state index contributed by atoms with van der Waals surface area (Å²) in [6.07, 6.45) is 5.79. The van der Waals surface area contributed by atoms with Gasteiger partial charge in [-0.15, -0.1) is 11.3 Å². The number of halogens is 1. The van der Waals surface area contributed by atoms with E-state index in [1.54, 1.807) is 4.52 Å². The number of aryl methyl sites for hydroxylation is 1. The van der Waals surface area contributed by atoms with Crippen LogP contribution >= 0.6 is 27.3 Å². The molecule has 5 rings (SSSR count). The molecule has 4 heterocycles. The monoisotopic (exact) mass is 648 g/mol. The van der Waals surface area contributed by atoms with Crippen molar-refractivity contribution in [1.29, 1.82) is 0 Å². The molecule has 2 aliphatic rings. The van der Waals surface area contributed by atoms with Crippen molar-refractivity contribution in [2.45, 2.75) is 90.0 Å². The molecule has 1 atom stereocenters. The van der Waals surface area contributed by atoms with E-state index in [1.807, 2.05) is 33.8 Å². The molecule has 2 amide bonds. The Bertz CT molecular complexity index is 1410. The Labute approximate surface area is 251 Å². The number of carbonyl (C=O) groups is 2. The fraction of sp³-hybridized carbons (Fsp3) is 0.593. The van der Waals surface area contributed by atoms with Gasteiger partial charge in [0, 0.05) is 25.2 Å². The molecular formula is C27H37BrN8O4S. The van der Waals surface area contributed by atoms with Crippen LogP contribution in [0, 0.1) is 6.92 Å². The molecule has 3 aromatic rings. The van der Waals surface area contributed by atoms with Gasteiger partial charge in [-0.3, -0.25) is 4.79 Å². The van der Waals surface area contributed by atoms with E-state index in [2.05, 4.69) is 46.5 Å². The topological polar surface area (TPSA) is 149 Å². The van der Waals surface area contributed by atoms with E-state index in [0.717, 1.165) is 65.9 Å². The normalized spacial score (nSPS) is 21.5. The van der Waals surface area contributed by atoms with Crippen molar-refractivity contribution in [1.82, 2.24) is 30.2 Å². The van der Waals surface area contributed by atoms with Crippen LogP contribution in [0.4, 0.5) is 16.3 Å². The molecule has 0 spiro atoms. The van der Waals surface area contributed by atoms with Crippen molar-refractivity contribution in [2.24, 2.45) is 0 Å². The highest BCUT2D eigenvalue weighted by Gasteiger charge is 2.30. The first kappa shape index (κ1) is 29.4. The number of nitrogens with zero attached hydrogens (tertiary/aromatic N) is 5. The molecule has 0 aromatic carbocycles. The predicted molar refractivity (Wildman–Crippen MR) is 161 cm³/mol. The van der Waals surface area contributed by atoms with E-state index in [-0.39, 0.29) is 24.1 Å². The second-order valence-electron chi connectivity index (χ2n) is 11.6. The third kappa shape index (κ3) is 7.03. The highest BCUT2D eigenvalue weighted by molar-refractivity contribution is 9.10. The van der Waals surface area contributed by atoms with Crippen LogP contribution in [0.3, 0.4) is 0 Å². The molecule has 12 nitrogen and oxygen atoms in total. The Balaban J connectivity index is 1.18. The van der Waals surface area contributed by atoms with Gasteiger partial charge in [0.15, 0.2) is 10.7 Å². The van der Waals surface area contributed by atoms with Gasteiger partial charge in [0.1, 0.15) is 28.2 Å². The highest BCUT2D eigenvalue weighted by atomic mass is 79.9. The fourth-order valence-corrected chi connectivity index (χ4v) is 6.65. The van der Waals surface area contributed by atoms with Crippen molar-refractivity contribution in [2.75, 3.05) is 23.7 Å². The Morgan fingerprint density at radius 2 is 1.90 bits per heavy atom. The maximum atomic E-state index is 13.4. The minimum absolute atomic E-state index is 0.0411. The SMILES string of the molecule is Cc1nc(OC2CCC(NC(=O)OC(C)(C)C)CC2)c(C(=O)N[C@@H]2CCCN(c3cc(Br)n4ncnc(N)c34)C2)s1. The summed E-state index contributed by atoms with van der Waals surface area (Å²) >= 11 is 4.90. The average Bonchev–Trinajstić information content (AvgIpc) is 3.44. The van der Waals surface area contributed by atoms with E-state index in [4.69, 9.17) is 15.2 Å². The number of aromatic nitrogens is 4. The maximum Gasteiger partial charge on any atom is 0.407 e. The lowest BCUT2D eigenvalue weighted by atomic mass is 9.93. The molecule has 3 aromatic heterocycles. The lowest BCUT2D eigenvalue weighted by Gasteiger charge is -2.34. The van der Waals surface area contributed by atoms with Crippen LogP contribution in [0.2, 0.25) is 0 Å². The van der Waals surface area contributed by atoms with Gasteiger partial charge in [-0.2, -0.15) is 5.10 Å². The number of nitrogen functional groups attached to an aromatic ring is 1. The van der Waals surface area contributed by atoms with Crippen molar-refractivity contribution < 1.29 is 19.1 Å².